The van der Waals surface area contributed by atoms with Crippen LogP contribution in [0.5, 0.6) is 5.75 Å². The monoisotopic (exact) mass is 455 g/mol. The number of hydrogen-bond acceptors (Lipinski definition) is 6. The zero-order valence-corrected chi connectivity index (χ0v) is 19.1. The standard InChI is InChI=1S/C25H33N3O5/c29-23-10-9-22(24(30)26-23)28-15-17-14-19(7-8-21(17)25(28)31)33-20-6-1-11-27(16-20)18-4-2-12-32-13-3-5-18/h7-8,14,18,20,22H,1-6,9-13,15-16H2,(H,26,29,30)/t20-,22?/m1/s1. The molecule has 4 heterocycles. The number of likely N-dealkylation sites (tertiary alicyclic amines) is 1. The van der Waals surface area contributed by atoms with Gasteiger partial charge in [0.05, 0.1) is 0 Å². The van der Waals surface area contributed by atoms with Crippen LogP contribution in [-0.4, -0.2) is 72.0 Å². The molecule has 3 fully saturated rings. The summed E-state index contributed by atoms with van der Waals surface area (Å²) in [6.07, 6.45) is 7.55. The molecule has 0 saturated carbocycles. The summed E-state index contributed by atoms with van der Waals surface area (Å²) in [7, 11) is 0. The molecule has 0 radical (unpaired) electrons. The van der Waals surface area contributed by atoms with Crippen LogP contribution in [0.3, 0.4) is 0 Å². The minimum absolute atomic E-state index is 0.141. The Balaban J connectivity index is 1.22. The van der Waals surface area contributed by atoms with Crippen molar-refractivity contribution in [3.8, 4) is 5.75 Å². The number of piperidine rings is 2. The maximum Gasteiger partial charge on any atom is 0.255 e. The molecule has 1 aromatic rings. The van der Waals surface area contributed by atoms with E-state index in [1.807, 2.05) is 18.2 Å². The van der Waals surface area contributed by atoms with Crippen LogP contribution in [0.15, 0.2) is 18.2 Å². The third kappa shape index (κ3) is 4.92. The molecule has 3 amide bonds. The first-order valence-electron chi connectivity index (χ1n) is 12.3. The Morgan fingerprint density at radius 1 is 1.00 bits per heavy atom. The second kappa shape index (κ2) is 9.81. The van der Waals surface area contributed by atoms with Crippen LogP contribution < -0.4 is 10.1 Å². The highest BCUT2D eigenvalue weighted by atomic mass is 16.5. The van der Waals surface area contributed by atoms with E-state index >= 15 is 0 Å². The summed E-state index contributed by atoms with van der Waals surface area (Å²) >= 11 is 0. The lowest BCUT2D eigenvalue weighted by Gasteiger charge is -2.39. The van der Waals surface area contributed by atoms with E-state index in [1.54, 1.807) is 4.90 Å². The number of nitrogens with one attached hydrogen (secondary N) is 1. The summed E-state index contributed by atoms with van der Waals surface area (Å²) in [5.74, 6) is -0.0231. The van der Waals surface area contributed by atoms with Gasteiger partial charge in [-0.25, -0.2) is 0 Å². The predicted octanol–water partition coefficient (Wildman–Crippen LogP) is 2.25. The Kier molecular flexibility index (Phi) is 6.64. The van der Waals surface area contributed by atoms with Crippen molar-refractivity contribution in [2.45, 2.75) is 76.1 Å². The molecule has 8 heteroatoms. The van der Waals surface area contributed by atoms with E-state index in [4.69, 9.17) is 9.47 Å². The first kappa shape index (κ1) is 22.3. The number of carbonyl (C=O) groups excluding carboxylic acids is 3. The molecule has 1 aromatic carbocycles. The zero-order chi connectivity index (χ0) is 22.8. The van der Waals surface area contributed by atoms with Crippen molar-refractivity contribution in [3.05, 3.63) is 29.3 Å². The average molecular weight is 456 g/mol. The molecule has 3 saturated heterocycles. The minimum Gasteiger partial charge on any atom is -0.489 e. The predicted molar refractivity (Wildman–Crippen MR) is 121 cm³/mol. The maximum absolute atomic E-state index is 12.9. The van der Waals surface area contributed by atoms with Crippen LogP contribution in [0.2, 0.25) is 0 Å². The number of fused-ring (bicyclic) bond motifs is 1. The summed E-state index contributed by atoms with van der Waals surface area (Å²) in [5.41, 5.74) is 1.50. The molecule has 0 spiro atoms. The summed E-state index contributed by atoms with van der Waals surface area (Å²) in [5, 5.41) is 2.35. The van der Waals surface area contributed by atoms with Crippen molar-refractivity contribution in [2.75, 3.05) is 26.3 Å². The molecular formula is C25H33N3O5. The number of rotatable bonds is 4. The summed E-state index contributed by atoms with van der Waals surface area (Å²) in [6, 6.07) is 5.66. The molecule has 1 unspecified atom stereocenters. The number of benzene rings is 1. The van der Waals surface area contributed by atoms with Crippen molar-refractivity contribution < 1.29 is 23.9 Å². The van der Waals surface area contributed by atoms with Crippen LogP contribution in [0.1, 0.15) is 67.3 Å². The highest BCUT2D eigenvalue weighted by Crippen LogP contribution is 2.31. The van der Waals surface area contributed by atoms with E-state index < -0.39 is 6.04 Å². The number of ether oxygens (including phenoxy) is 2. The van der Waals surface area contributed by atoms with Gasteiger partial charge in [-0.1, -0.05) is 0 Å². The molecule has 178 valence electrons. The lowest BCUT2D eigenvalue weighted by Crippen LogP contribution is -2.52. The molecule has 2 atom stereocenters. The van der Waals surface area contributed by atoms with Crippen molar-refractivity contribution in [1.29, 1.82) is 0 Å². The van der Waals surface area contributed by atoms with Gasteiger partial charge in [-0.05, 0) is 75.3 Å². The fraction of sp³-hybridized carbons (Fsp3) is 0.640. The second-order valence-electron chi connectivity index (χ2n) is 9.65. The molecule has 33 heavy (non-hydrogen) atoms. The fourth-order valence-corrected chi connectivity index (χ4v) is 5.66. The highest BCUT2D eigenvalue weighted by molar-refractivity contribution is 6.05. The molecule has 5 rings (SSSR count). The van der Waals surface area contributed by atoms with Gasteiger partial charge in [-0.3, -0.25) is 24.6 Å². The van der Waals surface area contributed by atoms with Crippen molar-refractivity contribution >= 4 is 17.7 Å². The van der Waals surface area contributed by atoms with Gasteiger partial charge >= 0.3 is 0 Å². The number of nitrogens with zero attached hydrogens (tertiary/aromatic N) is 2. The highest BCUT2D eigenvalue weighted by Gasteiger charge is 2.39. The Labute approximate surface area is 194 Å². The van der Waals surface area contributed by atoms with Gasteiger partial charge in [0.15, 0.2) is 0 Å². The molecule has 8 nitrogen and oxygen atoms in total. The Morgan fingerprint density at radius 3 is 2.61 bits per heavy atom. The topological polar surface area (TPSA) is 88.2 Å². The summed E-state index contributed by atoms with van der Waals surface area (Å²) in [6.45, 7) is 4.18. The van der Waals surface area contributed by atoms with Gasteiger partial charge < -0.3 is 14.4 Å². The van der Waals surface area contributed by atoms with Gasteiger partial charge in [0.1, 0.15) is 17.9 Å². The van der Waals surface area contributed by atoms with E-state index in [-0.39, 0.29) is 30.2 Å². The van der Waals surface area contributed by atoms with E-state index in [2.05, 4.69) is 10.2 Å². The van der Waals surface area contributed by atoms with Crippen LogP contribution in [0.25, 0.3) is 0 Å². The van der Waals surface area contributed by atoms with Gasteiger partial charge in [0.2, 0.25) is 11.8 Å². The lowest BCUT2D eigenvalue weighted by molar-refractivity contribution is -0.136. The molecule has 4 aliphatic heterocycles. The van der Waals surface area contributed by atoms with Crippen LogP contribution in [0.4, 0.5) is 0 Å². The zero-order valence-electron chi connectivity index (χ0n) is 19.1. The van der Waals surface area contributed by atoms with Crippen LogP contribution >= 0.6 is 0 Å². The fourth-order valence-electron chi connectivity index (χ4n) is 5.66. The van der Waals surface area contributed by atoms with Crippen LogP contribution in [-0.2, 0) is 20.9 Å². The Hall–Kier alpha value is -2.45. The molecule has 4 aliphatic rings. The number of carbonyl (C=O) groups is 3. The normalized spacial score (nSPS) is 27.6. The Morgan fingerprint density at radius 2 is 1.82 bits per heavy atom. The molecule has 0 bridgehead atoms. The smallest absolute Gasteiger partial charge is 0.255 e. The first-order valence-corrected chi connectivity index (χ1v) is 12.3. The van der Waals surface area contributed by atoms with Gasteiger partial charge in [-0.2, -0.15) is 0 Å². The SMILES string of the molecule is O=C1CCC(N2Cc3cc(O[C@@H]4CCCN(C5CCCOCCC5)C4)ccc3C2=O)C(=O)N1. The van der Waals surface area contributed by atoms with E-state index in [0.29, 0.717) is 24.6 Å². The third-order valence-corrected chi connectivity index (χ3v) is 7.38. The third-order valence-electron chi connectivity index (χ3n) is 7.38. The quantitative estimate of drug-likeness (QED) is 0.701. The van der Waals surface area contributed by atoms with Crippen LogP contribution in [0, 0.1) is 0 Å². The second-order valence-corrected chi connectivity index (χ2v) is 9.65. The largest absolute Gasteiger partial charge is 0.489 e. The summed E-state index contributed by atoms with van der Waals surface area (Å²) < 4.78 is 12.0. The molecular weight excluding hydrogens is 422 g/mol. The Bertz CT molecular complexity index is 911. The van der Waals surface area contributed by atoms with Gasteiger partial charge in [0, 0.05) is 44.3 Å². The molecule has 1 N–H and O–H groups in total. The average Bonchev–Trinajstić information content (AvgIpc) is 3.09. The number of imide groups is 1. The molecule has 0 aliphatic carbocycles. The van der Waals surface area contributed by atoms with Crippen molar-refractivity contribution in [2.24, 2.45) is 0 Å². The number of hydrogen-bond donors (Lipinski definition) is 1. The van der Waals surface area contributed by atoms with Crippen molar-refractivity contribution in [1.82, 2.24) is 15.1 Å². The molecule has 0 aromatic heterocycles. The lowest BCUT2D eigenvalue weighted by atomic mass is 9.99. The van der Waals surface area contributed by atoms with Gasteiger partial charge in [-0.15, -0.1) is 0 Å². The van der Waals surface area contributed by atoms with E-state index in [1.165, 1.54) is 12.8 Å². The summed E-state index contributed by atoms with van der Waals surface area (Å²) in [4.78, 5) is 40.8. The van der Waals surface area contributed by atoms with Gasteiger partial charge in [0.25, 0.3) is 5.91 Å². The first-order chi connectivity index (χ1) is 16.1. The van der Waals surface area contributed by atoms with E-state index in [9.17, 15) is 14.4 Å². The maximum atomic E-state index is 12.9. The van der Waals surface area contributed by atoms with E-state index in [0.717, 1.165) is 63.3 Å². The minimum atomic E-state index is -0.590. The number of amides is 3. The van der Waals surface area contributed by atoms with Crippen molar-refractivity contribution in [3.63, 3.8) is 0 Å².